The molecule has 0 spiro atoms. The fourth-order valence-corrected chi connectivity index (χ4v) is 11.5. The Morgan fingerprint density at radius 3 is 0.826 bits per heavy atom. The van der Waals surface area contributed by atoms with Gasteiger partial charge in [0.1, 0.15) is 19.3 Å². The number of unbranched alkanes of at least 4 members (excludes halogenated alkanes) is 29. The number of aliphatic hydroxyl groups is 1. The van der Waals surface area contributed by atoms with Crippen LogP contribution in [0.1, 0.15) is 325 Å². The molecule has 17 nitrogen and oxygen atoms in total. The predicted octanol–water partition coefficient (Wildman–Crippen LogP) is 18.5. The zero-order valence-electron chi connectivity index (χ0n) is 55.9. The summed E-state index contributed by atoms with van der Waals surface area (Å²) in [6.07, 6.45) is 37.6. The Kier molecular flexibility index (Phi) is 55.7. The third-order valence-electron chi connectivity index (χ3n) is 15.7. The van der Waals surface area contributed by atoms with Crippen LogP contribution in [0.25, 0.3) is 0 Å². The van der Waals surface area contributed by atoms with Gasteiger partial charge in [0.05, 0.1) is 26.4 Å². The van der Waals surface area contributed by atoms with E-state index in [0.717, 1.165) is 108 Å². The van der Waals surface area contributed by atoms with Gasteiger partial charge in [0.25, 0.3) is 0 Å². The molecule has 0 bridgehead atoms. The summed E-state index contributed by atoms with van der Waals surface area (Å²) >= 11 is 0. The lowest BCUT2D eigenvalue weighted by atomic mass is 9.99. The molecule has 0 aliphatic heterocycles. The molecule has 0 saturated heterocycles. The van der Waals surface area contributed by atoms with Gasteiger partial charge in [0, 0.05) is 25.7 Å². The molecule has 0 amide bonds. The Morgan fingerprint density at radius 1 is 0.326 bits per heavy atom. The first-order valence-electron chi connectivity index (χ1n) is 34.7. The highest BCUT2D eigenvalue weighted by Crippen LogP contribution is 2.45. The van der Waals surface area contributed by atoms with Crippen LogP contribution in [0.2, 0.25) is 0 Å². The van der Waals surface area contributed by atoms with Crippen LogP contribution >= 0.6 is 15.6 Å². The molecule has 0 aliphatic carbocycles. The van der Waals surface area contributed by atoms with E-state index in [-0.39, 0.29) is 25.7 Å². The maximum absolute atomic E-state index is 13.0. The van der Waals surface area contributed by atoms with Crippen molar-refractivity contribution in [3.63, 3.8) is 0 Å². The molecule has 3 N–H and O–H groups in total. The Bertz CT molecular complexity index is 1720. The molecule has 19 heteroatoms. The van der Waals surface area contributed by atoms with Gasteiger partial charge in [-0.2, -0.15) is 0 Å². The number of hydrogen-bond acceptors (Lipinski definition) is 15. The van der Waals surface area contributed by atoms with Gasteiger partial charge in [0.15, 0.2) is 12.2 Å². The molecule has 0 aliphatic rings. The number of aliphatic hydroxyl groups excluding tert-OH is 1. The topological polar surface area (TPSA) is 237 Å². The Hall–Kier alpha value is -1.94. The minimum absolute atomic E-state index is 0.102. The quantitative estimate of drug-likeness (QED) is 0.0222. The summed E-state index contributed by atoms with van der Waals surface area (Å²) < 4.78 is 68.1. The van der Waals surface area contributed by atoms with Gasteiger partial charge in [-0.1, -0.05) is 274 Å². The van der Waals surface area contributed by atoms with Crippen molar-refractivity contribution in [1.29, 1.82) is 0 Å². The number of rotatable bonds is 64. The van der Waals surface area contributed by atoms with Crippen molar-refractivity contribution in [3.8, 4) is 0 Å². The summed E-state index contributed by atoms with van der Waals surface area (Å²) in [4.78, 5) is 72.4. The maximum atomic E-state index is 13.0. The fourth-order valence-electron chi connectivity index (χ4n) is 9.93. The van der Waals surface area contributed by atoms with Crippen molar-refractivity contribution in [1.82, 2.24) is 0 Å². The number of hydrogen-bond donors (Lipinski definition) is 3. The molecular weight excluding hydrogens is 1140 g/mol. The highest BCUT2D eigenvalue weighted by atomic mass is 31.2. The van der Waals surface area contributed by atoms with Gasteiger partial charge in [-0.3, -0.25) is 37.3 Å². The minimum Gasteiger partial charge on any atom is -0.462 e. The molecule has 510 valence electrons. The van der Waals surface area contributed by atoms with E-state index in [1.54, 1.807) is 0 Å². The van der Waals surface area contributed by atoms with E-state index in [1.807, 2.05) is 0 Å². The summed E-state index contributed by atoms with van der Waals surface area (Å²) in [6, 6.07) is 0. The first-order chi connectivity index (χ1) is 41.1. The molecule has 0 fully saturated rings. The van der Waals surface area contributed by atoms with Crippen LogP contribution in [-0.4, -0.2) is 96.7 Å². The number of phosphoric ester groups is 2. The molecular formula is C67H130O17P2. The molecule has 86 heavy (non-hydrogen) atoms. The summed E-state index contributed by atoms with van der Waals surface area (Å²) in [5.41, 5.74) is 0. The van der Waals surface area contributed by atoms with Crippen LogP contribution in [0.4, 0.5) is 0 Å². The lowest BCUT2D eigenvalue weighted by Crippen LogP contribution is -2.30. The second-order valence-corrected chi connectivity index (χ2v) is 28.8. The summed E-state index contributed by atoms with van der Waals surface area (Å²) in [5.74, 6) is 0.813. The lowest BCUT2D eigenvalue weighted by Gasteiger charge is -2.21. The molecule has 0 heterocycles. The van der Waals surface area contributed by atoms with Gasteiger partial charge < -0.3 is 33.8 Å². The van der Waals surface area contributed by atoms with E-state index in [4.69, 9.17) is 37.0 Å². The number of ether oxygens (including phenoxy) is 4. The van der Waals surface area contributed by atoms with Crippen molar-refractivity contribution >= 4 is 39.5 Å². The third-order valence-corrected chi connectivity index (χ3v) is 17.6. The molecule has 0 radical (unpaired) electrons. The van der Waals surface area contributed by atoms with Crippen molar-refractivity contribution < 1.29 is 80.2 Å². The van der Waals surface area contributed by atoms with E-state index in [1.165, 1.54) is 128 Å². The highest BCUT2D eigenvalue weighted by molar-refractivity contribution is 7.47. The number of esters is 4. The van der Waals surface area contributed by atoms with Crippen LogP contribution in [0.3, 0.4) is 0 Å². The van der Waals surface area contributed by atoms with E-state index < -0.39 is 97.5 Å². The molecule has 0 aromatic rings. The fraction of sp³-hybridized carbons (Fsp3) is 0.940. The second-order valence-electron chi connectivity index (χ2n) is 25.9. The Balaban J connectivity index is 5.26. The van der Waals surface area contributed by atoms with Crippen molar-refractivity contribution in [2.45, 2.75) is 343 Å². The number of carbonyl (C=O) groups is 4. The highest BCUT2D eigenvalue weighted by Gasteiger charge is 2.30. The summed E-state index contributed by atoms with van der Waals surface area (Å²) in [7, 11) is -9.90. The molecule has 0 saturated carbocycles. The van der Waals surface area contributed by atoms with E-state index >= 15 is 0 Å². The molecule has 6 atom stereocenters. The number of carbonyl (C=O) groups excluding carboxylic acids is 4. The smallest absolute Gasteiger partial charge is 0.462 e. The maximum Gasteiger partial charge on any atom is 0.472 e. The third kappa shape index (κ3) is 59.7. The SMILES string of the molecule is CCC(C)CCCCCCCCCCC(=O)O[C@H](COC(=O)CCCCCCCCCCCCC(C)C)COP(=O)(O)OCC(O)COP(=O)(O)OC[C@@H](COC(=O)CCCCCCCCCCC(C)C)OC(=O)CCCCCCCCCC(C)C. The predicted molar refractivity (Wildman–Crippen MR) is 344 cm³/mol. The average molecular weight is 1270 g/mol. The van der Waals surface area contributed by atoms with E-state index in [2.05, 4.69) is 55.4 Å². The van der Waals surface area contributed by atoms with Crippen LogP contribution < -0.4 is 0 Å². The molecule has 0 rings (SSSR count). The van der Waals surface area contributed by atoms with Crippen molar-refractivity contribution in [2.75, 3.05) is 39.6 Å². The standard InChI is InChI=1S/C67H130O17P2/c1-9-60(8)46-38-30-22-15-17-25-33-41-49-66(71)83-62(53-77-64(69)47-39-31-23-13-11-10-12-19-27-35-43-57(2)3)55-81-85(73,74)79-51-61(68)52-80-86(75,76)82-56-63(84-67(72)50-42-34-26-18-21-29-37-45-59(6)7)54-78-65(70)48-40-32-24-16-14-20-28-36-44-58(4)5/h57-63,68H,9-56H2,1-8H3,(H,73,74)(H,75,76)/t60?,61?,62-,63-/m1/s1. The van der Waals surface area contributed by atoms with Crippen LogP contribution in [0.5, 0.6) is 0 Å². The van der Waals surface area contributed by atoms with Crippen LogP contribution in [0, 0.1) is 23.7 Å². The lowest BCUT2D eigenvalue weighted by molar-refractivity contribution is -0.161. The van der Waals surface area contributed by atoms with Gasteiger partial charge in [-0.15, -0.1) is 0 Å². The Morgan fingerprint density at radius 2 is 0.558 bits per heavy atom. The molecule has 4 unspecified atom stereocenters. The van der Waals surface area contributed by atoms with Gasteiger partial charge in [-0.25, -0.2) is 9.13 Å². The zero-order chi connectivity index (χ0) is 63.9. The second kappa shape index (κ2) is 57.0. The van der Waals surface area contributed by atoms with Crippen molar-refractivity contribution in [2.24, 2.45) is 23.7 Å². The first kappa shape index (κ1) is 84.1. The van der Waals surface area contributed by atoms with Gasteiger partial charge in [-0.05, 0) is 49.4 Å². The van der Waals surface area contributed by atoms with Crippen LogP contribution in [-0.2, 0) is 65.4 Å². The normalized spacial score (nSPS) is 14.7. The first-order valence-corrected chi connectivity index (χ1v) is 37.7. The average Bonchev–Trinajstić information content (AvgIpc) is 3.52. The molecule has 0 aromatic heterocycles. The zero-order valence-corrected chi connectivity index (χ0v) is 57.7. The largest absolute Gasteiger partial charge is 0.472 e. The van der Waals surface area contributed by atoms with E-state index in [9.17, 15) is 43.2 Å². The summed E-state index contributed by atoms with van der Waals surface area (Å²) in [6.45, 7) is 14.0. The van der Waals surface area contributed by atoms with Crippen LogP contribution in [0.15, 0.2) is 0 Å². The van der Waals surface area contributed by atoms with Gasteiger partial charge >= 0.3 is 39.5 Å². The number of phosphoric acid groups is 2. The minimum atomic E-state index is -4.95. The molecule has 0 aromatic carbocycles. The van der Waals surface area contributed by atoms with Crippen molar-refractivity contribution in [3.05, 3.63) is 0 Å². The van der Waals surface area contributed by atoms with E-state index in [0.29, 0.717) is 31.6 Å². The Labute approximate surface area is 524 Å². The summed E-state index contributed by atoms with van der Waals surface area (Å²) in [5, 5.41) is 10.6. The monoisotopic (exact) mass is 1270 g/mol. The van der Waals surface area contributed by atoms with Gasteiger partial charge in [0.2, 0.25) is 0 Å².